The largest absolute Gasteiger partial charge is 0.399 e. The zero-order valence-electron chi connectivity index (χ0n) is 10.8. The fourth-order valence-electron chi connectivity index (χ4n) is 2.34. The van der Waals surface area contributed by atoms with Crippen LogP contribution < -0.4 is 5.73 Å². The van der Waals surface area contributed by atoms with Gasteiger partial charge in [0.25, 0.3) is 5.91 Å². The van der Waals surface area contributed by atoms with Crippen LogP contribution in [0, 0.1) is 6.92 Å². The molecular weight excluding hydrogens is 240 g/mol. The van der Waals surface area contributed by atoms with Gasteiger partial charge in [0.15, 0.2) is 0 Å². The topological polar surface area (TPSA) is 65.8 Å². The summed E-state index contributed by atoms with van der Waals surface area (Å²) in [5.41, 5.74) is 8.76. The molecule has 0 unspecified atom stereocenters. The highest BCUT2D eigenvalue weighted by Gasteiger charge is 2.17. The van der Waals surface area contributed by atoms with Crippen molar-refractivity contribution in [2.45, 2.75) is 6.92 Å². The van der Waals surface area contributed by atoms with E-state index in [0.29, 0.717) is 11.4 Å². The van der Waals surface area contributed by atoms with Gasteiger partial charge in [-0.05, 0) is 37.3 Å². The summed E-state index contributed by atoms with van der Waals surface area (Å²) >= 11 is 0. The molecular formula is C14H14N4O. The monoisotopic (exact) mass is 254 g/mol. The van der Waals surface area contributed by atoms with E-state index in [4.69, 9.17) is 5.73 Å². The van der Waals surface area contributed by atoms with Crippen LogP contribution in [-0.4, -0.2) is 20.3 Å². The second-order valence-electron chi connectivity index (χ2n) is 4.58. The predicted molar refractivity (Wildman–Crippen MR) is 74.0 cm³/mol. The average Bonchev–Trinajstić information content (AvgIpc) is 2.90. The molecule has 0 saturated carbocycles. The summed E-state index contributed by atoms with van der Waals surface area (Å²) in [5.74, 6) is -0.0859. The van der Waals surface area contributed by atoms with Crippen LogP contribution in [0.3, 0.4) is 0 Å². The van der Waals surface area contributed by atoms with Crippen molar-refractivity contribution in [1.82, 2.24) is 14.3 Å². The minimum atomic E-state index is -0.0859. The summed E-state index contributed by atoms with van der Waals surface area (Å²) in [7, 11) is 1.76. The van der Waals surface area contributed by atoms with Crippen LogP contribution in [0.4, 0.5) is 5.69 Å². The number of fused-ring (bicyclic) bond motifs is 1. The number of nitrogens with two attached hydrogens (primary N) is 1. The zero-order valence-corrected chi connectivity index (χ0v) is 10.8. The summed E-state index contributed by atoms with van der Waals surface area (Å²) < 4.78 is 3.26. The maximum absolute atomic E-state index is 12.6. The molecule has 0 aliphatic carbocycles. The lowest BCUT2D eigenvalue weighted by atomic mass is 10.2. The Hall–Kier alpha value is -2.56. The Kier molecular flexibility index (Phi) is 2.41. The number of hydrogen-bond donors (Lipinski definition) is 1. The second kappa shape index (κ2) is 3.98. The van der Waals surface area contributed by atoms with Gasteiger partial charge in [-0.1, -0.05) is 0 Å². The summed E-state index contributed by atoms with van der Waals surface area (Å²) in [6.45, 7) is 1.91. The van der Waals surface area contributed by atoms with E-state index in [-0.39, 0.29) is 5.91 Å². The van der Waals surface area contributed by atoms with Gasteiger partial charge in [-0.3, -0.25) is 14.0 Å². The molecule has 0 spiro atoms. The normalized spacial score (nSPS) is 11.1. The number of hydrogen-bond acceptors (Lipinski definition) is 3. The van der Waals surface area contributed by atoms with Crippen molar-refractivity contribution in [2.75, 3.05) is 5.73 Å². The number of benzene rings is 1. The van der Waals surface area contributed by atoms with E-state index in [1.165, 1.54) is 0 Å². The maximum atomic E-state index is 12.6. The van der Waals surface area contributed by atoms with Gasteiger partial charge in [0.2, 0.25) is 0 Å². The van der Waals surface area contributed by atoms with Gasteiger partial charge in [-0.15, -0.1) is 0 Å². The lowest BCUT2D eigenvalue weighted by molar-refractivity contribution is 0.0954. The van der Waals surface area contributed by atoms with Crippen LogP contribution in [0.1, 0.15) is 16.2 Å². The van der Waals surface area contributed by atoms with Gasteiger partial charge < -0.3 is 5.73 Å². The first kappa shape index (κ1) is 11.5. The minimum absolute atomic E-state index is 0.0859. The van der Waals surface area contributed by atoms with Crippen LogP contribution in [0.25, 0.3) is 10.9 Å². The Morgan fingerprint density at radius 1 is 1.26 bits per heavy atom. The van der Waals surface area contributed by atoms with Crippen molar-refractivity contribution in [2.24, 2.45) is 7.05 Å². The molecule has 5 nitrogen and oxygen atoms in total. The van der Waals surface area contributed by atoms with Crippen molar-refractivity contribution < 1.29 is 4.79 Å². The Bertz CT molecular complexity index is 782. The van der Waals surface area contributed by atoms with Gasteiger partial charge in [-0.25, -0.2) is 0 Å². The average molecular weight is 254 g/mol. The van der Waals surface area contributed by atoms with E-state index < -0.39 is 0 Å². The van der Waals surface area contributed by atoms with Crippen LogP contribution >= 0.6 is 0 Å². The molecule has 0 bridgehead atoms. The molecule has 0 radical (unpaired) electrons. The van der Waals surface area contributed by atoms with Crippen molar-refractivity contribution in [3.05, 3.63) is 47.9 Å². The first-order valence-corrected chi connectivity index (χ1v) is 5.98. The highest BCUT2D eigenvalue weighted by Crippen LogP contribution is 2.23. The van der Waals surface area contributed by atoms with Crippen LogP contribution in [0.2, 0.25) is 0 Å². The number of carbonyl (C=O) groups excluding carboxylic acids is 1. The van der Waals surface area contributed by atoms with Gasteiger partial charge in [0, 0.05) is 30.0 Å². The number of aryl methyl sites for hydroxylation is 2. The van der Waals surface area contributed by atoms with Crippen molar-refractivity contribution in [3.8, 4) is 0 Å². The van der Waals surface area contributed by atoms with E-state index in [1.54, 1.807) is 34.6 Å². The number of anilines is 1. The third-order valence-corrected chi connectivity index (χ3v) is 3.25. The standard InChI is InChI=1S/C14H14N4O/c1-9-7-10-8-11(15)3-4-12(10)18(9)14(19)13-5-6-16-17(13)2/h3-8H,15H2,1-2H3. The highest BCUT2D eigenvalue weighted by molar-refractivity contribution is 6.02. The van der Waals surface area contributed by atoms with E-state index >= 15 is 0 Å². The number of aromatic nitrogens is 3. The van der Waals surface area contributed by atoms with Crippen LogP contribution in [-0.2, 0) is 7.05 Å². The lowest BCUT2D eigenvalue weighted by Gasteiger charge is -2.07. The van der Waals surface area contributed by atoms with Gasteiger partial charge in [0.05, 0.1) is 5.52 Å². The fraction of sp³-hybridized carbons (Fsp3) is 0.143. The SMILES string of the molecule is Cc1cc2cc(N)ccc2n1C(=O)c1ccnn1C. The summed E-state index contributed by atoms with van der Waals surface area (Å²) in [5, 5.41) is 5.00. The second-order valence-corrected chi connectivity index (χ2v) is 4.58. The number of carbonyl (C=O) groups is 1. The molecule has 2 N–H and O–H groups in total. The van der Waals surface area contributed by atoms with Gasteiger partial charge >= 0.3 is 0 Å². The number of rotatable bonds is 1. The molecule has 0 aliphatic heterocycles. The molecule has 96 valence electrons. The number of nitrogens with zero attached hydrogens (tertiary/aromatic N) is 3. The summed E-state index contributed by atoms with van der Waals surface area (Å²) in [6.07, 6.45) is 1.62. The Balaban J connectivity index is 2.23. The van der Waals surface area contributed by atoms with E-state index in [9.17, 15) is 4.79 Å². The van der Waals surface area contributed by atoms with Crippen molar-refractivity contribution >= 4 is 22.5 Å². The van der Waals surface area contributed by atoms with Crippen molar-refractivity contribution in [1.29, 1.82) is 0 Å². The molecule has 1 aromatic carbocycles. The molecule has 0 aliphatic rings. The zero-order chi connectivity index (χ0) is 13.6. The number of nitrogen functional groups attached to an aromatic ring is 1. The smallest absolute Gasteiger partial charge is 0.280 e. The Morgan fingerprint density at radius 3 is 2.74 bits per heavy atom. The summed E-state index contributed by atoms with van der Waals surface area (Å²) in [6, 6.07) is 9.21. The van der Waals surface area contributed by atoms with E-state index in [0.717, 1.165) is 16.6 Å². The fourth-order valence-corrected chi connectivity index (χ4v) is 2.34. The third-order valence-electron chi connectivity index (χ3n) is 3.25. The first-order chi connectivity index (χ1) is 9.08. The Labute approximate surface area is 110 Å². The molecule has 19 heavy (non-hydrogen) atoms. The molecule has 2 heterocycles. The molecule has 0 amide bonds. The molecule has 3 rings (SSSR count). The first-order valence-electron chi connectivity index (χ1n) is 5.98. The highest BCUT2D eigenvalue weighted by atomic mass is 16.2. The van der Waals surface area contributed by atoms with E-state index in [2.05, 4.69) is 5.10 Å². The summed E-state index contributed by atoms with van der Waals surface area (Å²) in [4.78, 5) is 12.6. The molecule has 0 saturated heterocycles. The minimum Gasteiger partial charge on any atom is -0.399 e. The lowest BCUT2D eigenvalue weighted by Crippen LogP contribution is -2.17. The molecule has 2 aromatic heterocycles. The molecule has 0 fully saturated rings. The third kappa shape index (κ3) is 1.71. The Morgan fingerprint density at radius 2 is 2.05 bits per heavy atom. The molecule has 3 aromatic rings. The van der Waals surface area contributed by atoms with Gasteiger partial charge in [-0.2, -0.15) is 5.10 Å². The predicted octanol–water partition coefficient (Wildman–Crippen LogP) is 1.95. The van der Waals surface area contributed by atoms with Crippen molar-refractivity contribution in [3.63, 3.8) is 0 Å². The van der Waals surface area contributed by atoms with E-state index in [1.807, 2.05) is 25.1 Å². The maximum Gasteiger partial charge on any atom is 0.280 e. The quantitative estimate of drug-likeness (QED) is 0.675. The van der Waals surface area contributed by atoms with Crippen LogP contribution in [0.15, 0.2) is 36.5 Å². The van der Waals surface area contributed by atoms with Gasteiger partial charge in [0.1, 0.15) is 5.69 Å². The molecule has 0 atom stereocenters. The van der Waals surface area contributed by atoms with Crippen LogP contribution in [0.5, 0.6) is 0 Å². The molecule has 5 heteroatoms.